The van der Waals surface area contributed by atoms with Crippen LogP contribution in [-0.2, 0) is 5.54 Å². The van der Waals surface area contributed by atoms with E-state index >= 15 is 0 Å². The van der Waals surface area contributed by atoms with Crippen LogP contribution in [0, 0.1) is 6.92 Å². The lowest BCUT2D eigenvalue weighted by molar-refractivity contribution is 0.0731. The van der Waals surface area contributed by atoms with Crippen LogP contribution in [0.15, 0.2) is 18.3 Å². The average molecular weight is 369 g/mol. The third-order valence-corrected chi connectivity index (χ3v) is 6.18. The third-order valence-electron chi connectivity index (χ3n) is 6.18. The Morgan fingerprint density at radius 3 is 2.78 bits per heavy atom. The number of pyridine rings is 1. The zero-order valence-corrected chi connectivity index (χ0v) is 16.3. The van der Waals surface area contributed by atoms with Crippen LogP contribution in [-0.4, -0.2) is 68.1 Å². The maximum absolute atomic E-state index is 13.1. The monoisotopic (exact) mass is 369 g/mol. The summed E-state index contributed by atoms with van der Waals surface area (Å²) in [4.78, 5) is 21.4. The van der Waals surface area contributed by atoms with Crippen LogP contribution >= 0.6 is 0 Å². The minimum absolute atomic E-state index is 0.0169. The fourth-order valence-corrected chi connectivity index (χ4v) is 4.47. The van der Waals surface area contributed by atoms with Crippen molar-refractivity contribution in [2.75, 3.05) is 27.2 Å². The zero-order valence-electron chi connectivity index (χ0n) is 16.3. The van der Waals surface area contributed by atoms with Crippen LogP contribution in [0.1, 0.15) is 60.0 Å². The van der Waals surface area contributed by atoms with E-state index in [1.807, 2.05) is 42.7 Å². The van der Waals surface area contributed by atoms with Crippen LogP contribution in [0.25, 0.3) is 0 Å². The smallest absolute Gasteiger partial charge is 0.272 e. The standard InChI is InChI=1S/C19H27N7O/c1-14-7-6-11-20-16(14)17(27)25-12-10-19(13-25,24(2)3)18-21-22-23-26(18)15-8-4-5-9-15/h6-7,11,15H,4-5,8-10,12-13H2,1-3H3. The van der Waals surface area contributed by atoms with Crippen LogP contribution in [0.5, 0.6) is 0 Å². The Kier molecular flexibility index (Phi) is 4.67. The van der Waals surface area contributed by atoms with Crippen molar-refractivity contribution in [1.29, 1.82) is 0 Å². The number of tetrazole rings is 1. The Hall–Kier alpha value is -2.35. The van der Waals surface area contributed by atoms with Crippen molar-refractivity contribution in [3.63, 3.8) is 0 Å². The number of likely N-dealkylation sites (tertiary alicyclic amines) is 1. The van der Waals surface area contributed by atoms with Gasteiger partial charge in [0.25, 0.3) is 5.91 Å². The summed E-state index contributed by atoms with van der Waals surface area (Å²) in [5.74, 6) is 0.865. The van der Waals surface area contributed by atoms with E-state index in [9.17, 15) is 4.79 Å². The summed E-state index contributed by atoms with van der Waals surface area (Å²) in [5, 5.41) is 12.8. The normalized spacial score (nSPS) is 23.5. The van der Waals surface area contributed by atoms with E-state index in [4.69, 9.17) is 0 Å². The highest BCUT2D eigenvalue weighted by molar-refractivity contribution is 5.93. The Morgan fingerprint density at radius 2 is 2.07 bits per heavy atom. The van der Waals surface area contributed by atoms with Crippen molar-refractivity contribution in [3.8, 4) is 0 Å². The summed E-state index contributed by atoms with van der Waals surface area (Å²) in [5.41, 5.74) is 1.06. The van der Waals surface area contributed by atoms with Gasteiger partial charge in [-0.25, -0.2) is 4.68 Å². The van der Waals surface area contributed by atoms with Gasteiger partial charge in [0.15, 0.2) is 5.82 Å². The van der Waals surface area contributed by atoms with E-state index in [0.717, 1.165) is 30.7 Å². The first-order valence-corrected chi connectivity index (χ1v) is 9.69. The topological polar surface area (TPSA) is 80.0 Å². The molecular formula is C19H27N7O. The van der Waals surface area contributed by atoms with E-state index < -0.39 is 0 Å². The lowest BCUT2D eigenvalue weighted by atomic mass is 9.95. The molecule has 8 nitrogen and oxygen atoms in total. The van der Waals surface area contributed by atoms with E-state index in [1.54, 1.807) is 6.20 Å². The molecule has 3 heterocycles. The minimum Gasteiger partial charge on any atom is -0.335 e. The molecule has 1 saturated heterocycles. The van der Waals surface area contributed by atoms with Crippen molar-refractivity contribution < 1.29 is 4.79 Å². The highest BCUT2D eigenvalue weighted by Gasteiger charge is 2.48. The third kappa shape index (κ3) is 3.01. The molecule has 2 aliphatic rings. The Bertz CT molecular complexity index is 827. The first-order valence-electron chi connectivity index (χ1n) is 9.69. The molecule has 1 atom stereocenters. The molecule has 0 radical (unpaired) electrons. The fraction of sp³-hybridized carbons (Fsp3) is 0.632. The van der Waals surface area contributed by atoms with Crippen molar-refractivity contribution >= 4 is 5.91 Å². The second kappa shape index (κ2) is 6.99. The number of carbonyl (C=O) groups is 1. The molecule has 0 N–H and O–H groups in total. The maximum atomic E-state index is 13.1. The summed E-state index contributed by atoms with van der Waals surface area (Å²) in [6.07, 6.45) is 7.18. The van der Waals surface area contributed by atoms with E-state index in [0.29, 0.717) is 24.8 Å². The Balaban J connectivity index is 1.64. The van der Waals surface area contributed by atoms with Crippen LogP contribution < -0.4 is 0 Å². The van der Waals surface area contributed by atoms with Gasteiger partial charge < -0.3 is 4.90 Å². The SMILES string of the molecule is Cc1cccnc1C(=O)N1CCC(c2nnnn2C2CCCC2)(N(C)C)C1. The molecule has 1 unspecified atom stereocenters. The molecule has 2 aromatic rings. The van der Waals surface area contributed by atoms with Gasteiger partial charge in [0, 0.05) is 19.3 Å². The summed E-state index contributed by atoms with van der Waals surface area (Å²) in [6, 6.07) is 4.15. The van der Waals surface area contributed by atoms with Crippen molar-refractivity contribution in [1.82, 2.24) is 35.0 Å². The second-order valence-corrected chi connectivity index (χ2v) is 7.96. The molecule has 1 amide bonds. The van der Waals surface area contributed by atoms with Gasteiger partial charge in [0.05, 0.1) is 6.04 Å². The van der Waals surface area contributed by atoms with E-state index in [-0.39, 0.29) is 11.4 Å². The maximum Gasteiger partial charge on any atom is 0.272 e. The number of aromatic nitrogens is 5. The highest BCUT2D eigenvalue weighted by Crippen LogP contribution is 2.39. The first kappa shape index (κ1) is 18.0. The molecule has 144 valence electrons. The number of rotatable bonds is 4. The van der Waals surface area contributed by atoms with Gasteiger partial charge in [-0.3, -0.25) is 14.7 Å². The number of hydrogen-bond donors (Lipinski definition) is 0. The summed E-state index contributed by atoms with van der Waals surface area (Å²) >= 11 is 0. The van der Waals surface area contributed by atoms with Crippen molar-refractivity contribution in [2.45, 2.75) is 50.6 Å². The van der Waals surface area contributed by atoms with Gasteiger partial charge in [-0.2, -0.15) is 0 Å². The molecule has 2 fully saturated rings. The summed E-state index contributed by atoms with van der Waals surface area (Å²) in [6.45, 7) is 3.17. The number of hydrogen-bond acceptors (Lipinski definition) is 6. The van der Waals surface area contributed by atoms with Crippen LogP contribution in [0.4, 0.5) is 0 Å². The van der Waals surface area contributed by atoms with Gasteiger partial charge in [-0.05, 0) is 62.3 Å². The highest BCUT2D eigenvalue weighted by atomic mass is 16.2. The fourth-order valence-electron chi connectivity index (χ4n) is 4.47. The van der Waals surface area contributed by atoms with Crippen molar-refractivity contribution in [2.24, 2.45) is 0 Å². The predicted octanol–water partition coefficient (Wildman–Crippen LogP) is 1.79. The van der Waals surface area contributed by atoms with E-state index in [2.05, 4.69) is 25.4 Å². The number of aryl methyl sites for hydroxylation is 1. The Labute approximate surface area is 159 Å². The minimum atomic E-state index is -0.371. The number of likely N-dealkylation sites (N-methyl/N-ethyl adjacent to an activating group) is 1. The molecule has 1 aliphatic heterocycles. The zero-order chi connectivity index (χ0) is 19.0. The number of amides is 1. The molecule has 0 aromatic carbocycles. The first-order chi connectivity index (χ1) is 13.0. The molecule has 27 heavy (non-hydrogen) atoms. The van der Waals surface area contributed by atoms with Gasteiger partial charge in [-0.1, -0.05) is 18.9 Å². The largest absolute Gasteiger partial charge is 0.335 e. The lowest BCUT2D eigenvalue weighted by Crippen LogP contribution is -2.47. The second-order valence-electron chi connectivity index (χ2n) is 7.96. The number of nitrogens with zero attached hydrogens (tertiary/aromatic N) is 7. The summed E-state index contributed by atoms with van der Waals surface area (Å²) in [7, 11) is 4.10. The molecule has 2 aromatic heterocycles. The Morgan fingerprint density at radius 1 is 1.30 bits per heavy atom. The van der Waals surface area contributed by atoms with E-state index in [1.165, 1.54) is 12.8 Å². The van der Waals surface area contributed by atoms with Crippen LogP contribution in [0.2, 0.25) is 0 Å². The quantitative estimate of drug-likeness (QED) is 0.817. The molecule has 4 rings (SSSR count). The molecule has 8 heteroatoms. The van der Waals surface area contributed by atoms with Gasteiger partial charge in [-0.15, -0.1) is 5.10 Å². The van der Waals surface area contributed by atoms with Crippen molar-refractivity contribution in [3.05, 3.63) is 35.4 Å². The molecule has 0 spiro atoms. The summed E-state index contributed by atoms with van der Waals surface area (Å²) < 4.78 is 2.02. The molecular weight excluding hydrogens is 342 g/mol. The van der Waals surface area contributed by atoms with Gasteiger partial charge in [0.2, 0.25) is 0 Å². The van der Waals surface area contributed by atoms with Crippen LogP contribution in [0.3, 0.4) is 0 Å². The molecule has 0 bridgehead atoms. The van der Waals surface area contributed by atoms with Gasteiger partial charge >= 0.3 is 0 Å². The lowest BCUT2D eigenvalue weighted by Gasteiger charge is -2.35. The number of carbonyl (C=O) groups excluding carboxylic acids is 1. The average Bonchev–Trinajstić information content (AvgIpc) is 3.40. The predicted molar refractivity (Wildman–Crippen MR) is 100 cm³/mol. The molecule has 1 saturated carbocycles. The van der Waals surface area contributed by atoms with Gasteiger partial charge in [0.1, 0.15) is 11.2 Å². The molecule has 1 aliphatic carbocycles.